The van der Waals surface area contributed by atoms with Gasteiger partial charge in [-0.2, -0.15) is 0 Å². The van der Waals surface area contributed by atoms with Gasteiger partial charge in [-0.25, -0.2) is 4.39 Å². The maximum absolute atomic E-state index is 13.6. The van der Waals surface area contributed by atoms with Crippen molar-refractivity contribution in [3.05, 3.63) is 41.2 Å². The molecule has 1 N–H and O–H groups in total. The van der Waals surface area contributed by atoms with Crippen molar-refractivity contribution in [1.29, 1.82) is 0 Å². The number of unbranched alkanes of at least 4 members (excludes halogenated alkanes) is 3. The number of halogens is 1. The van der Waals surface area contributed by atoms with Crippen LogP contribution in [-0.4, -0.2) is 35.8 Å². The number of ketones is 1. The Bertz CT molecular complexity index is 717. The van der Waals surface area contributed by atoms with E-state index in [0.717, 1.165) is 50.5 Å². The van der Waals surface area contributed by atoms with Gasteiger partial charge in [-0.1, -0.05) is 30.5 Å². The lowest BCUT2D eigenvalue weighted by atomic mass is 9.99. The number of hydrogen-bond acceptors (Lipinski definition) is 5. The molecule has 0 amide bonds. The second-order valence-corrected chi connectivity index (χ2v) is 8.49. The molecule has 0 fully saturated rings. The van der Waals surface area contributed by atoms with Gasteiger partial charge in [0.05, 0.1) is 13.2 Å². The molecule has 0 spiro atoms. The summed E-state index contributed by atoms with van der Waals surface area (Å²) in [6.07, 6.45) is 7.10. The quantitative estimate of drug-likeness (QED) is 0.268. The highest BCUT2D eigenvalue weighted by Gasteiger charge is 2.22. The van der Waals surface area contributed by atoms with Gasteiger partial charge in [0, 0.05) is 23.5 Å². The van der Waals surface area contributed by atoms with Crippen LogP contribution in [-0.2, 0) is 14.3 Å². The molecule has 0 aromatic heterocycles. The van der Waals surface area contributed by atoms with Gasteiger partial charge in [-0.15, -0.1) is 11.8 Å². The molecule has 2 rings (SSSR count). The first kappa shape index (κ1) is 23.6. The normalized spacial score (nSPS) is 15.1. The number of carbonyl (C=O) groups excluding carboxylic acids is 2. The van der Waals surface area contributed by atoms with E-state index >= 15 is 0 Å². The van der Waals surface area contributed by atoms with Crippen LogP contribution in [0.25, 0.3) is 0 Å². The molecule has 0 saturated carbocycles. The lowest BCUT2D eigenvalue weighted by Crippen LogP contribution is -2.10. The summed E-state index contributed by atoms with van der Waals surface area (Å²) < 4.78 is 18.3. The number of aliphatic hydroxyl groups excluding tert-OH is 1. The van der Waals surface area contributed by atoms with Crippen LogP contribution in [0.4, 0.5) is 4.39 Å². The molecule has 0 saturated heterocycles. The highest BCUT2D eigenvalue weighted by Crippen LogP contribution is 2.31. The zero-order valence-electron chi connectivity index (χ0n) is 17.1. The Morgan fingerprint density at radius 3 is 2.69 bits per heavy atom. The third-order valence-corrected chi connectivity index (χ3v) is 6.44. The van der Waals surface area contributed by atoms with Crippen LogP contribution in [0.1, 0.15) is 64.2 Å². The van der Waals surface area contributed by atoms with Crippen LogP contribution in [0.5, 0.6) is 0 Å². The van der Waals surface area contributed by atoms with Crippen molar-refractivity contribution in [2.45, 2.75) is 75.2 Å². The van der Waals surface area contributed by atoms with Gasteiger partial charge in [0.1, 0.15) is 5.82 Å². The van der Waals surface area contributed by atoms with Gasteiger partial charge >= 0.3 is 5.97 Å². The highest BCUT2D eigenvalue weighted by molar-refractivity contribution is 7.99. The third kappa shape index (κ3) is 8.31. The molecule has 29 heavy (non-hydrogen) atoms. The largest absolute Gasteiger partial charge is 0.469 e. The van der Waals surface area contributed by atoms with Crippen molar-refractivity contribution < 1.29 is 23.8 Å². The monoisotopic (exact) mass is 422 g/mol. The standard InChI is InChI=1S/C23H31FO4S/c1-28-23(27)11-5-3-2-4-8-19-17(13-15-21(19)26)12-14-18(25)16-29-22-10-7-6-9-20(22)24/h6-7,9-10,18,25H,2-5,8,11-16H2,1H3. The third-order valence-electron chi connectivity index (χ3n) is 5.25. The number of carbonyl (C=O) groups is 2. The molecular formula is C23H31FO4S. The Kier molecular flexibility index (Phi) is 10.4. The fraction of sp³-hybridized carbons (Fsp3) is 0.565. The first-order chi connectivity index (χ1) is 14.0. The molecular weight excluding hydrogens is 391 g/mol. The lowest BCUT2D eigenvalue weighted by molar-refractivity contribution is -0.140. The predicted octanol–water partition coefficient (Wildman–Crippen LogP) is 5.23. The van der Waals surface area contributed by atoms with Crippen molar-refractivity contribution in [2.24, 2.45) is 0 Å². The van der Waals surface area contributed by atoms with E-state index in [1.807, 2.05) is 0 Å². The van der Waals surface area contributed by atoms with Crippen LogP contribution in [0.2, 0.25) is 0 Å². The van der Waals surface area contributed by atoms with Gasteiger partial charge < -0.3 is 9.84 Å². The Morgan fingerprint density at radius 2 is 1.93 bits per heavy atom. The van der Waals surface area contributed by atoms with Crippen LogP contribution >= 0.6 is 11.8 Å². The number of allylic oxidation sites excluding steroid dienone is 2. The van der Waals surface area contributed by atoms with E-state index in [4.69, 9.17) is 0 Å². The Labute approximate surface area is 176 Å². The first-order valence-corrected chi connectivity index (χ1v) is 11.4. The summed E-state index contributed by atoms with van der Waals surface area (Å²) in [6.45, 7) is 0. The number of aliphatic hydroxyl groups is 1. The molecule has 1 aliphatic carbocycles. The molecule has 0 heterocycles. The topological polar surface area (TPSA) is 63.6 Å². The Morgan fingerprint density at radius 1 is 1.17 bits per heavy atom. The summed E-state index contributed by atoms with van der Waals surface area (Å²) in [7, 11) is 1.40. The molecule has 0 aliphatic heterocycles. The number of ether oxygens (including phenoxy) is 1. The van der Waals surface area contributed by atoms with E-state index < -0.39 is 6.10 Å². The van der Waals surface area contributed by atoms with E-state index in [9.17, 15) is 19.1 Å². The van der Waals surface area contributed by atoms with Crippen molar-refractivity contribution in [3.8, 4) is 0 Å². The Balaban J connectivity index is 1.71. The summed E-state index contributed by atoms with van der Waals surface area (Å²) in [5, 5.41) is 10.3. The molecule has 1 atom stereocenters. The molecule has 160 valence electrons. The number of thioether (sulfide) groups is 1. The maximum atomic E-state index is 13.6. The Hall–Kier alpha value is -1.66. The minimum Gasteiger partial charge on any atom is -0.469 e. The van der Waals surface area contributed by atoms with Crippen molar-refractivity contribution in [3.63, 3.8) is 0 Å². The zero-order chi connectivity index (χ0) is 21.1. The molecule has 0 bridgehead atoms. The lowest BCUT2D eigenvalue weighted by Gasteiger charge is -2.12. The van der Waals surface area contributed by atoms with E-state index in [0.29, 0.717) is 29.9 Å². The van der Waals surface area contributed by atoms with Crippen molar-refractivity contribution >= 4 is 23.5 Å². The number of esters is 1. The first-order valence-electron chi connectivity index (χ1n) is 10.4. The smallest absolute Gasteiger partial charge is 0.305 e. The van der Waals surface area contributed by atoms with E-state index in [-0.39, 0.29) is 17.6 Å². The van der Waals surface area contributed by atoms with E-state index in [1.54, 1.807) is 18.2 Å². The average molecular weight is 423 g/mol. The molecule has 1 unspecified atom stereocenters. The number of hydrogen-bond donors (Lipinski definition) is 1. The number of benzene rings is 1. The van der Waals surface area contributed by atoms with Crippen molar-refractivity contribution in [2.75, 3.05) is 12.9 Å². The fourth-order valence-corrected chi connectivity index (χ4v) is 4.47. The second-order valence-electron chi connectivity index (χ2n) is 7.43. The van der Waals surface area contributed by atoms with Crippen LogP contribution in [0, 0.1) is 5.82 Å². The minimum absolute atomic E-state index is 0.173. The number of Topliss-reactive ketones (excluding diaryl/α,β-unsaturated/α-hetero) is 1. The number of rotatable bonds is 13. The summed E-state index contributed by atoms with van der Waals surface area (Å²) in [6, 6.07) is 6.58. The molecule has 1 aromatic rings. The average Bonchev–Trinajstić information content (AvgIpc) is 3.07. The van der Waals surface area contributed by atoms with E-state index in [2.05, 4.69) is 4.74 Å². The maximum Gasteiger partial charge on any atom is 0.305 e. The van der Waals surface area contributed by atoms with Gasteiger partial charge in [-0.3, -0.25) is 9.59 Å². The van der Waals surface area contributed by atoms with Gasteiger partial charge in [0.2, 0.25) is 0 Å². The van der Waals surface area contributed by atoms with Gasteiger partial charge in [-0.05, 0) is 56.2 Å². The van der Waals surface area contributed by atoms with Crippen LogP contribution < -0.4 is 0 Å². The highest BCUT2D eigenvalue weighted by atomic mass is 32.2. The van der Waals surface area contributed by atoms with Gasteiger partial charge in [0.15, 0.2) is 5.78 Å². The molecule has 1 aromatic carbocycles. The molecule has 1 aliphatic rings. The number of methoxy groups -OCH3 is 1. The minimum atomic E-state index is -0.526. The second kappa shape index (κ2) is 12.8. The fourth-order valence-electron chi connectivity index (χ4n) is 3.55. The van der Waals surface area contributed by atoms with Crippen molar-refractivity contribution in [1.82, 2.24) is 0 Å². The zero-order valence-corrected chi connectivity index (χ0v) is 17.9. The summed E-state index contributed by atoms with van der Waals surface area (Å²) in [5.41, 5.74) is 2.13. The predicted molar refractivity (Wildman–Crippen MR) is 113 cm³/mol. The van der Waals surface area contributed by atoms with Crippen LogP contribution in [0.15, 0.2) is 40.3 Å². The SMILES string of the molecule is COC(=O)CCCCCCC1=C(CCC(O)CSc2ccccc2F)CCC1=O. The van der Waals surface area contributed by atoms with Crippen LogP contribution in [0.3, 0.4) is 0 Å². The summed E-state index contributed by atoms with van der Waals surface area (Å²) in [4.78, 5) is 23.8. The molecule has 4 nitrogen and oxygen atoms in total. The summed E-state index contributed by atoms with van der Waals surface area (Å²) in [5.74, 6) is 0.248. The van der Waals surface area contributed by atoms with E-state index in [1.165, 1.54) is 30.5 Å². The van der Waals surface area contributed by atoms with Gasteiger partial charge in [0.25, 0.3) is 0 Å². The molecule has 0 radical (unpaired) electrons. The molecule has 6 heteroatoms. The summed E-state index contributed by atoms with van der Waals surface area (Å²) >= 11 is 1.32.